The van der Waals surface area contributed by atoms with Gasteiger partial charge in [0.05, 0.1) is 0 Å². The van der Waals surface area contributed by atoms with E-state index in [1.54, 1.807) is 0 Å². The fourth-order valence-electron chi connectivity index (χ4n) is 6.77. The van der Waals surface area contributed by atoms with Gasteiger partial charge in [-0.3, -0.25) is 0 Å². The number of allylic oxidation sites excluding steroid dienone is 2. The van der Waals surface area contributed by atoms with Crippen molar-refractivity contribution < 1.29 is 0 Å². The van der Waals surface area contributed by atoms with Gasteiger partial charge in [0.2, 0.25) is 0 Å². The molecule has 2 atom stereocenters. The summed E-state index contributed by atoms with van der Waals surface area (Å²) in [7, 11) is -3.24. The van der Waals surface area contributed by atoms with Gasteiger partial charge in [-0.15, -0.1) is 34.2 Å². The van der Waals surface area contributed by atoms with Crippen LogP contribution in [0.15, 0.2) is 29.2 Å². The molecule has 4 heteroatoms. The Labute approximate surface area is 265 Å². The van der Waals surface area contributed by atoms with Crippen LogP contribution in [0, 0.1) is 28.8 Å². The number of hydrogen-bond donors (Lipinski definition) is 0. The van der Waals surface area contributed by atoms with E-state index in [1.807, 2.05) is 11.3 Å². The number of benzene rings is 2. The maximum atomic E-state index is 4.00. The molecular weight excluding hydrogens is 577 g/mol. The Kier molecular flexibility index (Phi) is 9.71. The zero-order chi connectivity index (χ0) is 30.1. The summed E-state index contributed by atoms with van der Waals surface area (Å²) < 4.78 is 1.38. The van der Waals surface area contributed by atoms with E-state index in [2.05, 4.69) is 127 Å². The molecular formula is C38H48S2Si2. The molecule has 0 bridgehead atoms. The predicted molar refractivity (Wildman–Crippen MR) is 198 cm³/mol. The minimum Gasteiger partial charge on any atom is -0.140 e. The molecule has 0 nitrogen and oxygen atoms in total. The quantitative estimate of drug-likeness (QED) is 0.178. The topological polar surface area (TPSA) is 0 Å². The van der Waals surface area contributed by atoms with Crippen molar-refractivity contribution in [3.63, 3.8) is 0 Å². The van der Waals surface area contributed by atoms with E-state index in [9.17, 15) is 0 Å². The summed E-state index contributed by atoms with van der Waals surface area (Å²) in [6.45, 7) is 18.7. The van der Waals surface area contributed by atoms with Crippen LogP contribution in [0.25, 0.3) is 33.0 Å². The molecule has 2 aromatic carbocycles. The van der Waals surface area contributed by atoms with Crippen LogP contribution in [-0.4, -0.2) is 21.4 Å². The second kappa shape index (κ2) is 13.0. The van der Waals surface area contributed by atoms with E-state index < -0.39 is 16.1 Å². The van der Waals surface area contributed by atoms with Gasteiger partial charge in [-0.2, -0.15) is 0 Å². The fraction of sp³-hybridized carbons (Fsp3) is 0.474. The van der Waals surface area contributed by atoms with E-state index in [0.717, 1.165) is 12.8 Å². The molecule has 1 aliphatic carbocycles. The molecule has 0 amide bonds. The van der Waals surface area contributed by atoms with Crippen LogP contribution < -0.4 is 10.4 Å². The van der Waals surface area contributed by atoms with Crippen LogP contribution >= 0.6 is 23.1 Å². The molecule has 0 saturated heterocycles. The first-order valence-electron chi connectivity index (χ1n) is 16.5. The number of fused-ring (bicyclic) bond motifs is 4. The van der Waals surface area contributed by atoms with E-state index in [4.69, 9.17) is 0 Å². The smallest absolute Gasteiger partial charge is 0.138 e. The zero-order valence-corrected chi connectivity index (χ0v) is 30.7. The monoisotopic (exact) mass is 624 g/mol. The van der Waals surface area contributed by atoms with Crippen molar-refractivity contribution in [2.24, 2.45) is 5.92 Å². The van der Waals surface area contributed by atoms with Gasteiger partial charge in [-0.1, -0.05) is 85.5 Å². The highest BCUT2D eigenvalue weighted by atomic mass is 32.2. The Hall–Kier alpha value is -1.96. The standard InChI is InChI=1S/C38H48S2Si2/c1-9-29-21-27-23-33-31(17-19-41(11-3,12-4)13-5)36-26-38-28(22-30(10-2)40-38)24-34(36)32(35(33)25-37(27)39-29)18-20-42(14-6,15-7)16-8/h21-27,37H,9-16H2,1-8H3. The lowest BCUT2D eigenvalue weighted by Gasteiger charge is -2.22. The lowest BCUT2D eigenvalue weighted by atomic mass is 9.88. The van der Waals surface area contributed by atoms with Crippen molar-refractivity contribution in [1.29, 1.82) is 0 Å². The second-order valence-electron chi connectivity index (χ2n) is 12.2. The predicted octanol–water partition coefficient (Wildman–Crippen LogP) is 10.0. The van der Waals surface area contributed by atoms with Gasteiger partial charge < -0.3 is 0 Å². The summed E-state index contributed by atoms with van der Waals surface area (Å²) in [5.41, 5.74) is 10.5. The molecule has 220 valence electrons. The molecule has 0 radical (unpaired) electrons. The summed E-state index contributed by atoms with van der Waals surface area (Å²) >= 11 is 4.01. The molecule has 2 heterocycles. The number of thiophene rings is 1. The molecule has 3 aromatic rings. The van der Waals surface area contributed by atoms with Crippen molar-refractivity contribution in [1.82, 2.24) is 0 Å². The van der Waals surface area contributed by atoms with Crippen molar-refractivity contribution in [3.05, 3.63) is 55.6 Å². The first kappa shape index (κ1) is 31.5. The van der Waals surface area contributed by atoms with E-state index in [-0.39, 0.29) is 0 Å². The van der Waals surface area contributed by atoms with Crippen LogP contribution in [0.5, 0.6) is 0 Å². The first-order valence-corrected chi connectivity index (χ1v) is 23.5. The van der Waals surface area contributed by atoms with E-state index in [1.165, 1.54) is 88.5 Å². The average molecular weight is 625 g/mol. The van der Waals surface area contributed by atoms with Crippen molar-refractivity contribution in [3.8, 4) is 22.9 Å². The van der Waals surface area contributed by atoms with Gasteiger partial charge in [0.25, 0.3) is 0 Å². The number of aryl methyl sites for hydroxylation is 1. The number of thioether (sulfide) groups is 1. The normalized spacial score (nSPS) is 17.9. The van der Waals surface area contributed by atoms with Gasteiger partial charge in [0.15, 0.2) is 0 Å². The van der Waals surface area contributed by atoms with Gasteiger partial charge in [-0.25, -0.2) is 0 Å². The van der Waals surface area contributed by atoms with Crippen LogP contribution in [-0.2, 0) is 6.42 Å². The molecule has 0 saturated carbocycles. The van der Waals surface area contributed by atoms with Crippen LogP contribution in [0.4, 0.5) is 0 Å². The Morgan fingerprint density at radius 1 is 0.643 bits per heavy atom. The number of rotatable bonds is 8. The van der Waals surface area contributed by atoms with Crippen LogP contribution in [0.2, 0.25) is 36.3 Å². The van der Waals surface area contributed by atoms with Crippen molar-refractivity contribution >= 4 is 72.3 Å². The molecule has 0 spiro atoms. The maximum absolute atomic E-state index is 4.00. The summed E-state index contributed by atoms with van der Waals surface area (Å²) in [4.78, 5) is 2.97. The molecule has 2 unspecified atom stereocenters. The SMILES string of the molecule is CCC1=CC2C=c3c(C#C[Si](CC)(CC)CC)c4cc5sc(CC)cc5cc4c(C#C[Si](CC)(CC)CC)c3=CC2S1. The van der Waals surface area contributed by atoms with E-state index in [0.29, 0.717) is 11.2 Å². The van der Waals surface area contributed by atoms with Gasteiger partial charge in [-0.05, 0) is 93.4 Å². The van der Waals surface area contributed by atoms with Gasteiger partial charge in [0.1, 0.15) is 16.1 Å². The molecule has 1 aliphatic heterocycles. The third-order valence-electron chi connectivity index (χ3n) is 10.5. The van der Waals surface area contributed by atoms with Crippen molar-refractivity contribution in [2.75, 3.05) is 0 Å². The van der Waals surface area contributed by atoms with Gasteiger partial charge in [0, 0.05) is 37.3 Å². The molecule has 5 rings (SSSR count). The summed E-state index contributed by atoms with van der Waals surface area (Å²) in [6.07, 6.45) is 9.85. The van der Waals surface area contributed by atoms with Crippen molar-refractivity contribution in [2.45, 2.75) is 110 Å². The highest BCUT2D eigenvalue weighted by Gasteiger charge is 2.29. The summed E-state index contributed by atoms with van der Waals surface area (Å²) in [6, 6.07) is 14.7. The zero-order valence-electron chi connectivity index (χ0n) is 27.1. The minimum absolute atomic E-state index is 0.439. The van der Waals surface area contributed by atoms with Crippen LogP contribution in [0.1, 0.15) is 77.8 Å². The molecule has 0 fully saturated rings. The maximum Gasteiger partial charge on any atom is 0.138 e. The Morgan fingerprint density at radius 3 is 1.71 bits per heavy atom. The first-order chi connectivity index (χ1) is 20.3. The molecule has 2 aliphatic rings. The minimum atomic E-state index is -1.62. The Bertz CT molecular complexity index is 1760. The Balaban J connectivity index is 1.94. The highest BCUT2D eigenvalue weighted by Crippen LogP contribution is 2.41. The second-order valence-corrected chi connectivity index (χ2v) is 24.6. The molecule has 1 aromatic heterocycles. The highest BCUT2D eigenvalue weighted by molar-refractivity contribution is 8.04. The fourth-order valence-corrected chi connectivity index (χ4v) is 13.9. The summed E-state index contributed by atoms with van der Waals surface area (Å²) in [5, 5.41) is 7.16. The average Bonchev–Trinajstić information content (AvgIpc) is 3.64. The largest absolute Gasteiger partial charge is 0.140 e. The van der Waals surface area contributed by atoms with Crippen LogP contribution in [0.3, 0.4) is 0 Å². The number of hydrogen-bond acceptors (Lipinski definition) is 2. The third kappa shape index (κ3) is 5.66. The summed E-state index contributed by atoms with van der Waals surface area (Å²) in [5.74, 6) is 8.30. The Morgan fingerprint density at radius 2 is 1.19 bits per heavy atom. The van der Waals surface area contributed by atoms with Gasteiger partial charge >= 0.3 is 0 Å². The lowest BCUT2D eigenvalue weighted by molar-refractivity contribution is 0.923. The lowest BCUT2D eigenvalue weighted by Crippen LogP contribution is -2.38. The molecule has 0 N–H and O–H groups in total. The molecule has 42 heavy (non-hydrogen) atoms. The third-order valence-corrected chi connectivity index (χ3v) is 22.6. The van der Waals surface area contributed by atoms with E-state index >= 15 is 0 Å².